The molecule has 1 atom stereocenters. The van der Waals surface area contributed by atoms with E-state index >= 15 is 0 Å². The molecule has 0 radical (unpaired) electrons. The average Bonchev–Trinajstić information content (AvgIpc) is 2.28. The van der Waals surface area contributed by atoms with E-state index in [-0.39, 0.29) is 17.6 Å². The molecule has 0 saturated carbocycles. The number of nitro benzene ring substituents is 1. The van der Waals surface area contributed by atoms with E-state index in [2.05, 4.69) is 21.2 Å². The molecule has 0 aliphatic carbocycles. The molecule has 0 saturated heterocycles. The first-order valence-corrected chi connectivity index (χ1v) is 5.70. The van der Waals surface area contributed by atoms with Gasteiger partial charge in [0.15, 0.2) is 0 Å². The predicted molar refractivity (Wildman–Crippen MR) is 66.8 cm³/mol. The number of halogens is 1. The van der Waals surface area contributed by atoms with E-state index in [0.717, 1.165) is 0 Å². The Kier molecular flexibility index (Phi) is 4.59. The Morgan fingerprint density at radius 1 is 1.65 bits per heavy atom. The normalized spacial score (nSPS) is 11.9. The van der Waals surface area contributed by atoms with E-state index in [1.54, 1.807) is 6.92 Å². The van der Waals surface area contributed by atoms with Gasteiger partial charge in [0.05, 0.1) is 10.5 Å². The molecule has 0 bridgehead atoms. The van der Waals surface area contributed by atoms with Gasteiger partial charge in [-0.2, -0.15) is 0 Å². The quantitative estimate of drug-likeness (QED) is 0.649. The van der Waals surface area contributed by atoms with Gasteiger partial charge in [-0.25, -0.2) is 0 Å². The number of benzene rings is 1. The SMILES string of the molecule is C[C@@H](CN)NC(=O)c1ccc([N+](=O)[O-])cc1Br. The minimum atomic E-state index is -0.519. The zero-order valence-corrected chi connectivity index (χ0v) is 10.7. The minimum Gasteiger partial charge on any atom is -0.348 e. The minimum absolute atomic E-state index is 0.0692. The van der Waals surface area contributed by atoms with Crippen LogP contribution in [0.2, 0.25) is 0 Å². The molecule has 92 valence electrons. The molecular weight excluding hydrogens is 290 g/mol. The molecule has 1 aromatic rings. The van der Waals surface area contributed by atoms with Gasteiger partial charge in [-0.15, -0.1) is 0 Å². The third-order valence-corrected chi connectivity index (χ3v) is 2.80. The molecule has 1 amide bonds. The molecular formula is C10H12BrN3O3. The van der Waals surface area contributed by atoms with Crippen molar-refractivity contribution in [2.24, 2.45) is 5.73 Å². The smallest absolute Gasteiger partial charge is 0.270 e. The fourth-order valence-corrected chi connectivity index (χ4v) is 1.71. The van der Waals surface area contributed by atoms with Crippen LogP contribution in [0.3, 0.4) is 0 Å². The van der Waals surface area contributed by atoms with Gasteiger partial charge in [0.25, 0.3) is 11.6 Å². The van der Waals surface area contributed by atoms with E-state index < -0.39 is 4.92 Å². The molecule has 3 N–H and O–H groups in total. The van der Waals surface area contributed by atoms with Crippen LogP contribution in [0.25, 0.3) is 0 Å². The fourth-order valence-electron chi connectivity index (χ4n) is 1.16. The summed E-state index contributed by atoms with van der Waals surface area (Å²) in [5.74, 6) is -0.315. The van der Waals surface area contributed by atoms with Gasteiger partial charge < -0.3 is 11.1 Å². The summed E-state index contributed by atoms with van der Waals surface area (Å²) in [5.41, 5.74) is 5.66. The average molecular weight is 302 g/mol. The number of nitrogens with zero attached hydrogens (tertiary/aromatic N) is 1. The highest BCUT2D eigenvalue weighted by atomic mass is 79.9. The molecule has 0 aromatic heterocycles. The van der Waals surface area contributed by atoms with Gasteiger partial charge in [0.2, 0.25) is 0 Å². The molecule has 0 heterocycles. The molecule has 1 aromatic carbocycles. The predicted octanol–water partition coefficient (Wildman–Crippen LogP) is 1.43. The van der Waals surface area contributed by atoms with Gasteiger partial charge in [-0.05, 0) is 28.9 Å². The molecule has 6 nitrogen and oxygen atoms in total. The second-order valence-electron chi connectivity index (χ2n) is 3.53. The number of amides is 1. The van der Waals surface area contributed by atoms with Crippen molar-refractivity contribution in [1.29, 1.82) is 0 Å². The van der Waals surface area contributed by atoms with Crippen molar-refractivity contribution in [3.63, 3.8) is 0 Å². The zero-order valence-electron chi connectivity index (χ0n) is 9.14. The molecule has 0 aliphatic rings. The largest absolute Gasteiger partial charge is 0.348 e. The van der Waals surface area contributed by atoms with E-state index in [0.29, 0.717) is 16.6 Å². The second-order valence-corrected chi connectivity index (χ2v) is 4.39. The summed E-state index contributed by atoms with van der Waals surface area (Å²) < 4.78 is 0.383. The Balaban J connectivity index is 2.92. The first-order valence-electron chi connectivity index (χ1n) is 4.90. The summed E-state index contributed by atoms with van der Waals surface area (Å²) >= 11 is 3.13. The van der Waals surface area contributed by atoms with Gasteiger partial charge in [0, 0.05) is 29.2 Å². The first kappa shape index (κ1) is 13.6. The Morgan fingerprint density at radius 3 is 2.76 bits per heavy atom. The third-order valence-electron chi connectivity index (χ3n) is 2.14. The van der Waals surface area contributed by atoms with Crippen molar-refractivity contribution in [3.05, 3.63) is 38.3 Å². The highest BCUT2D eigenvalue weighted by Gasteiger charge is 2.15. The Hall–Kier alpha value is -1.47. The second kappa shape index (κ2) is 5.74. The Labute approximate surface area is 106 Å². The summed E-state index contributed by atoms with van der Waals surface area (Å²) in [7, 11) is 0. The van der Waals surface area contributed by atoms with E-state index in [1.165, 1.54) is 18.2 Å². The summed E-state index contributed by atoms with van der Waals surface area (Å²) in [4.78, 5) is 21.8. The number of rotatable bonds is 4. The number of nitrogens with one attached hydrogen (secondary N) is 1. The highest BCUT2D eigenvalue weighted by Crippen LogP contribution is 2.22. The van der Waals surface area contributed by atoms with Gasteiger partial charge in [-0.1, -0.05) is 0 Å². The summed E-state index contributed by atoms with van der Waals surface area (Å²) in [6.07, 6.45) is 0. The topological polar surface area (TPSA) is 98.3 Å². The standard InChI is InChI=1S/C10H12BrN3O3/c1-6(5-12)13-10(15)8-3-2-7(14(16)17)4-9(8)11/h2-4,6H,5,12H2,1H3,(H,13,15)/t6-/m0/s1. The van der Waals surface area contributed by atoms with Crippen LogP contribution in [-0.4, -0.2) is 23.4 Å². The van der Waals surface area contributed by atoms with E-state index in [1.807, 2.05) is 0 Å². The van der Waals surface area contributed by atoms with Gasteiger partial charge in [0.1, 0.15) is 0 Å². The highest BCUT2D eigenvalue weighted by molar-refractivity contribution is 9.10. The Bertz CT molecular complexity index is 450. The third kappa shape index (κ3) is 3.50. The molecule has 7 heteroatoms. The van der Waals surface area contributed by atoms with Crippen molar-refractivity contribution >= 4 is 27.5 Å². The van der Waals surface area contributed by atoms with Crippen molar-refractivity contribution in [3.8, 4) is 0 Å². The molecule has 0 unspecified atom stereocenters. The van der Waals surface area contributed by atoms with Crippen LogP contribution in [0.4, 0.5) is 5.69 Å². The van der Waals surface area contributed by atoms with Crippen LogP contribution in [0, 0.1) is 10.1 Å². The lowest BCUT2D eigenvalue weighted by molar-refractivity contribution is -0.384. The van der Waals surface area contributed by atoms with Crippen LogP contribution in [0.5, 0.6) is 0 Å². The molecule has 0 fully saturated rings. The van der Waals surface area contributed by atoms with Crippen LogP contribution in [-0.2, 0) is 0 Å². The number of carbonyl (C=O) groups excluding carboxylic acids is 1. The summed E-state index contributed by atoms with van der Waals surface area (Å²) in [6.45, 7) is 2.10. The first-order chi connectivity index (χ1) is 7.95. The lowest BCUT2D eigenvalue weighted by Crippen LogP contribution is -2.37. The summed E-state index contributed by atoms with van der Waals surface area (Å²) in [6, 6.07) is 3.83. The van der Waals surface area contributed by atoms with Crippen LogP contribution >= 0.6 is 15.9 Å². The maximum atomic E-state index is 11.7. The van der Waals surface area contributed by atoms with Crippen molar-refractivity contribution in [2.45, 2.75) is 13.0 Å². The zero-order chi connectivity index (χ0) is 13.0. The van der Waals surface area contributed by atoms with Crippen LogP contribution in [0.1, 0.15) is 17.3 Å². The van der Waals surface area contributed by atoms with E-state index in [4.69, 9.17) is 5.73 Å². The monoisotopic (exact) mass is 301 g/mol. The van der Waals surface area contributed by atoms with Gasteiger partial charge >= 0.3 is 0 Å². The number of nitrogens with two attached hydrogens (primary N) is 1. The van der Waals surface area contributed by atoms with Gasteiger partial charge in [-0.3, -0.25) is 14.9 Å². The molecule has 1 rings (SSSR count). The fraction of sp³-hybridized carbons (Fsp3) is 0.300. The van der Waals surface area contributed by atoms with Crippen molar-refractivity contribution < 1.29 is 9.72 Å². The van der Waals surface area contributed by atoms with Crippen LogP contribution in [0.15, 0.2) is 22.7 Å². The number of hydrogen-bond acceptors (Lipinski definition) is 4. The lowest BCUT2D eigenvalue weighted by atomic mass is 10.2. The molecule has 0 aliphatic heterocycles. The summed E-state index contributed by atoms with van der Waals surface area (Å²) in [5, 5.41) is 13.2. The maximum Gasteiger partial charge on any atom is 0.270 e. The molecule has 17 heavy (non-hydrogen) atoms. The molecule has 0 spiro atoms. The van der Waals surface area contributed by atoms with Crippen LogP contribution < -0.4 is 11.1 Å². The number of carbonyl (C=O) groups is 1. The Morgan fingerprint density at radius 2 is 2.29 bits per heavy atom. The number of hydrogen-bond donors (Lipinski definition) is 2. The maximum absolute atomic E-state index is 11.7. The van der Waals surface area contributed by atoms with Crippen molar-refractivity contribution in [2.75, 3.05) is 6.54 Å². The number of non-ortho nitro benzene ring substituents is 1. The van der Waals surface area contributed by atoms with Crippen molar-refractivity contribution in [1.82, 2.24) is 5.32 Å². The number of nitro groups is 1. The van der Waals surface area contributed by atoms with E-state index in [9.17, 15) is 14.9 Å². The lowest BCUT2D eigenvalue weighted by Gasteiger charge is -2.11.